The van der Waals surface area contributed by atoms with Crippen molar-refractivity contribution >= 4 is 55.0 Å². The van der Waals surface area contributed by atoms with Crippen LogP contribution in [0.3, 0.4) is 0 Å². The van der Waals surface area contributed by atoms with Gasteiger partial charge in [0, 0.05) is 31.0 Å². The summed E-state index contributed by atoms with van der Waals surface area (Å²) in [4.78, 5) is 1.24. The van der Waals surface area contributed by atoms with Crippen molar-refractivity contribution in [2.75, 3.05) is 5.75 Å². The summed E-state index contributed by atoms with van der Waals surface area (Å²) in [6.07, 6.45) is 0. The molecule has 0 amide bonds. The van der Waals surface area contributed by atoms with Gasteiger partial charge in [0.1, 0.15) is 0 Å². The molecule has 0 aliphatic heterocycles. The molecule has 0 bridgehead atoms. The first kappa shape index (κ1) is 13.6. The van der Waals surface area contributed by atoms with E-state index >= 15 is 0 Å². The minimum absolute atomic E-state index is 0.0691. The van der Waals surface area contributed by atoms with Gasteiger partial charge in [0.2, 0.25) is 0 Å². The monoisotopic (exact) mass is 391 g/mol. The van der Waals surface area contributed by atoms with Gasteiger partial charge in [-0.1, -0.05) is 22.0 Å². The van der Waals surface area contributed by atoms with Crippen LogP contribution in [0, 0.1) is 0 Å². The number of thioether (sulfide) groups is 1. The molecule has 0 fully saturated rings. The Morgan fingerprint density at radius 2 is 2.12 bits per heavy atom. The molecule has 0 saturated heterocycles. The zero-order chi connectivity index (χ0) is 12.3. The number of hydrogen-bond donors (Lipinski definition) is 1. The summed E-state index contributed by atoms with van der Waals surface area (Å²) < 4.78 is 2.22. The van der Waals surface area contributed by atoms with Crippen LogP contribution in [0.5, 0.6) is 0 Å². The maximum Gasteiger partial charge on any atom is 0.0409 e. The van der Waals surface area contributed by atoms with Crippen LogP contribution in [0.15, 0.2) is 48.9 Å². The Labute approximate surface area is 126 Å². The maximum atomic E-state index is 6.17. The lowest BCUT2D eigenvalue weighted by atomic mass is 10.2. The number of thiophene rings is 1. The van der Waals surface area contributed by atoms with Crippen molar-refractivity contribution in [2.24, 2.45) is 5.73 Å². The van der Waals surface area contributed by atoms with Crippen LogP contribution < -0.4 is 5.73 Å². The lowest BCUT2D eigenvalue weighted by Crippen LogP contribution is -2.12. The first-order chi connectivity index (χ1) is 8.16. The van der Waals surface area contributed by atoms with E-state index in [0.717, 1.165) is 14.7 Å². The molecule has 1 unspecified atom stereocenters. The summed E-state index contributed by atoms with van der Waals surface area (Å²) in [5, 5.41) is 4.18. The lowest BCUT2D eigenvalue weighted by molar-refractivity contribution is 0.831. The minimum Gasteiger partial charge on any atom is -0.323 e. The first-order valence-corrected chi connectivity index (χ1v) is 8.54. The highest BCUT2D eigenvalue weighted by Gasteiger charge is 2.11. The van der Waals surface area contributed by atoms with Gasteiger partial charge in [-0.15, -0.1) is 11.8 Å². The van der Waals surface area contributed by atoms with E-state index in [2.05, 4.69) is 54.8 Å². The van der Waals surface area contributed by atoms with Crippen molar-refractivity contribution in [3.05, 3.63) is 49.5 Å². The minimum atomic E-state index is 0.0691. The molecule has 1 aromatic carbocycles. The zero-order valence-corrected chi connectivity index (χ0v) is 13.7. The van der Waals surface area contributed by atoms with Crippen molar-refractivity contribution in [3.63, 3.8) is 0 Å². The number of rotatable bonds is 4. The molecule has 17 heavy (non-hydrogen) atoms. The average molecular weight is 393 g/mol. The van der Waals surface area contributed by atoms with Crippen molar-refractivity contribution in [1.29, 1.82) is 0 Å². The van der Waals surface area contributed by atoms with Crippen LogP contribution in [0.2, 0.25) is 0 Å². The predicted molar refractivity (Wildman–Crippen MR) is 83.8 cm³/mol. The highest BCUT2D eigenvalue weighted by atomic mass is 79.9. The molecule has 2 aromatic rings. The molecule has 2 N–H and O–H groups in total. The predicted octanol–water partition coefficient (Wildman–Crippen LogP) is 5.07. The molecule has 0 aliphatic carbocycles. The summed E-state index contributed by atoms with van der Waals surface area (Å²) in [6, 6.07) is 8.35. The smallest absolute Gasteiger partial charge is 0.0409 e. The third-order valence-corrected chi connectivity index (χ3v) is 5.63. The van der Waals surface area contributed by atoms with Crippen LogP contribution in [-0.2, 0) is 0 Å². The molecule has 2 rings (SSSR count). The fraction of sp³-hybridized carbons (Fsp3) is 0.167. The summed E-state index contributed by atoms with van der Waals surface area (Å²) in [5.74, 6) is 0.881. The van der Waals surface area contributed by atoms with E-state index in [1.54, 1.807) is 23.1 Å². The molecule has 0 aliphatic rings. The molecule has 1 atom stereocenters. The van der Waals surface area contributed by atoms with Gasteiger partial charge >= 0.3 is 0 Å². The van der Waals surface area contributed by atoms with Crippen LogP contribution in [-0.4, -0.2) is 5.75 Å². The van der Waals surface area contributed by atoms with Crippen molar-refractivity contribution in [1.82, 2.24) is 0 Å². The van der Waals surface area contributed by atoms with Gasteiger partial charge in [0.25, 0.3) is 0 Å². The van der Waals surface area contributed by atoms with Gasteiger partial charge in [-0.25, -0.2) is 0 Å². The summed E-state index contributed by atoms with van der Waals surface area (Å²) in [5.41, 5.74) is 7.36. The van der Waals surface area contributed by atoms with Gasteiger partial charge < -0.3 is 5.73 Å². The zero-order valence-electron chi connectivity index (χ0n) is 8.90. The van der Waals surface area contributed by atoms with E-state index in [0.29, 0.717) is 0 Å². The van der Waals surface area contributed by atoms with Gasteiger partial charge in [0.15, 0.2) is 0 Å². The molecule has 1 aromatic heterocycles. The second-order valence-corrected chi connectivity index (χ2v) is 7.16. The Hall–Kier alpha value is 0.190. The Bertz CT molecular complexity index is 499. The standard InChI is InChI=1S/C12H11Br2NS2/c13-8-2-1-3-9(4-8)17-7-12(15)10-5-16-6-11(10)14/h1-6,12H,7,15H2. The lowest BCUT2D eigenvalue weighted by Gasteiger charge is -2.10. The Kier molecular flexibility index (Phi) is 5.11. The second-order valence-electron chi connectivity index (χ2n) is 3.55. The molecule has 1 heterocycles. The summed E-state index contributed by atoms with van der Waals surface area (Å²) in [6.45, 7) is 0. The molecular weight excluding hydrogens is 382 g/mol. The second kappa shape index (κ2) is 6.38. The fourth-order valence-corrected chi connectivity index (χ4v) is 4.53. The van der Waals surface area contributed by atoms with Gasteiger partial charge in [0.05, 0.1) is 0 Å². The van der Waals surface area contributed by atoms with Crippen molar-refractivity contribution in [3.8, 4) is 0 Å². The molecule has 1 nitrogen and oxygen atoms in total. The van der Waals surface area contributed by atoms with Crippen LogP contribution >= 0.6 is 55.0 Å². The van der Waals surface area contributed by atoms with Crippen LogP contribution in [0.25, 0.3) is 0 Å². The number of hydrogen-bond acceptors (Lipinski definition) is 3. The molecule has 0 spiro atoms. The van der Waals surface area contributed by atoms with E-state index in [-0.39, 0.29) is 6.04 Å². The van der Waals surface area contributed by atoms with Gasteiger partial charge in [-0.2, -0.15) is 11.3 Å². The molecular formula is C12H11Br2NS2. The number of benzene rings is 1. The fourth-order valence-electron chi connectivity index (χ4n) is 1.39. The Morgan fingerprint density at radius 1 is 1.29 bits per heavy atom. The Morgan fingerprint density at radius 3 is 2.76 bits per heavy atom. The normalized spacial score (nSPS) is 12.6. The van der Waals surface area contributed by atoms with E-state index < -0.39 is 0 Å². The van der Waals surface area contributed by atoms with Gasteiger partial charge in [-0.05, 0) is 45.1 Å². The topological polar surface area (TPSA) is 26.0 Å². The largest absolute Gasteiger partial charge is 0.323 e. The molecule has 0 saturated carbocycles. The Balaban J connectivity index is 1.97. The molecule has 0 radical (unpaired) electrons. The van der Waals surface area contributed by atoms with E-state index in [1.807, 2.05) is 12.1 Å². The van der Waals surface area contributed by atoms with Crippen molar-refractivity contribution in [2.45, 2.75) is 10.9 Å². The van der Waals surface area contributed by atoms with E-state index in [4.69, 9.17) is 5.73 Å². The first-order valence-electron chi connectivity index (χ1n) is 5.02. The third-order valence-electron chi connectivity index (χ3n) is 2.27. The highest BCUT2D eigenvalue weighted by Crippen LogP contribution is 2.30. The highest BCUT2D eigenvalue weighted by molar-refractivity contribution is 9.10. The third kappa shape index (κ3) is 3.83. The summed E-state index contributed by atoms with van der Waals surface area (Å²) in [7, 11) is 0. The number of halogens is 2. The van der Waals surface area contributed by atoms with Crippen molar-refractivity contribution < 1.29 is 0 Å². The quantitative estimate of drug-likeness (QED) is 0.735. The van der Waals surface area contributed by atoms with E-state index in [9.17, 15) is 0 Å². The van der Waals surface area contributed by atoms with Gasteiger partial charge in [-0.3, -0.25) is 0 Å². The number of nitrogens with two attached hydrogens (primary N) is 1. The van der Waals surface area contributed by atoms with E-state index in [1.165, 1.54) is 10.5 Å². The average Bonchev–Trinajstić information content (AvgIpc) is 2.72. The summed E-state index contributed by atoms with van der Waals surface area (Å²) >= 11 is 10.4. The molecule has 5 heteroatoms. The van der Waals surface area contributed by atoms with Crippen LogP contribution in [0.1, 0.15) is 11.6 Å². The van der Waals surface area contributed by atoms with Crippen LogP contribution in [0.4, 0.5) is 0 Å². The maximum absolute atomic E-state index is 6.17. The molecule has 90 valence electrons. The SMILES string of the molecule is NC(CSc1cccc(Br)c1)c1cscc1Br.